The van der Waals surface area contributed by atoms with Gasteiger partial charge < -0.3 is 9.47 Å². The highest BCUT2D eigenvalue weighted by atomic mass is 127. The smallest absolute Gasteiger partial charge is 0.411 e. The van der Waals surface area contributed by atoms with Crippen LogP contribution in [0.25, 0.3) is 0 Å². The van der Waals surface area contributed by atoms with Crippen LogP contribution in [0.15, 0.2) is 0 Å². The van der Waals surface area contributed by atoms with Crippen molar-refractivity contribution in [2.75, 3.05) is 19.8 Å². The summed E-state index contributed by atoms with van der Waals surface area (Å²) in [6.45, 7) is 6.49. The number of carbonyl (C=O) groups is 2. The minimum absolute atomic E-state index is 0.108. The van der Waals surface area contributed by atoms with Crippen LogP contribution in [0.5, 0.6) is 0 Å². The quantitative estimate of drug-likeness (QED) is 0.537. The SMILES string of the molecule is CC(C)(C)OC(=O)N1CCOC[C@H]1C(=O)I. The molecule has 1 saturated heterocycles. The monoisotopic (exact) mass is 341 g/mol. The van der Waals surface area contributed by atoms with Gasteiger partial charge in [-0.05, 0) is 20.8 Å². The number of nitrogens with zero attached hydrogens (tertiary/aromatic N) is 1. The van der Waals surface area contributed by atoms with E-state index in [0.717, 1.165) is 0 Å². The first-order valence-electron chi connectivity index (χ1n) is 5.08. The molecule has 0 aromatic carbocycles. The van der Waals surface area contributed by atoms with Crippen LogP contribution in [-0.4, -0.2) is 46.2 Å². The topological polar surface area (TPSA) is 55.8 Å². The van der Waals surface area contributed by atoms with E-state index in [1.54, 1.807) is 43.4 Å². The third kappa shape index (κ3) is 3.89. The standard InChI is InChI=1S/C10H16INO4/c1-10(2,3)16-9(14)12-4-5-15-6-7(12)8(11)13/h7H,4-6H2,1-3H3/t7-/m0/s1. The predicted molar refractivity (Wildman–Crippen MR) is 66.6 cm³/mol. The molecule has 1 heterocycles. The second-order valence-electron chi connectivity index (χ2n) is 4.57. The Morgan fingerprint density at radius 2 is 2.06 bits per heavy atom. The molecule has 92 valence electrons. The van der Waals surface area contributed by atoms with Crippen LogP contribution in [0.4, 0.5) is 4.79 Å². The largest absolute Gasteiger partial charge is 0.444 e. The zero-order chi connectivity index (χ0) is 12.3. The Hall–Kier alpha value is -0.370. The molecular formula is C10H16INO4. The molecule has 0 saturated carbocycles. The zero-order valence-corrected chi connectivity index (χ0v) is 11.8. The third-order valence-corrected chi connectivity index (χ3v) is 2.74. The molecule has 0 radical (unpaired) electrons. The average molecular weight is 341 g/mol. The van der Waals surface area contributed by atoms with Gasteiger partial charge in [0.15, 0.2) is 0 Å². The number of rotatable bonds is 1. The molecule has 6 heteroatoms. The molecule has 0 bridgehead atoms. The van der Waals surface area contributed by atoms with Crippen LogP contribution in [0.2, 0.25) is 0 Å². The third-order valence-electron chi connectivity index (χ3n) is 2.02. The summed E-state index contributed by atoms with van der Waals surface area (Å²) in [5.41, 5.74) is -0.547. The van der Waals surface area contributed by atoms with Gasteiger partial charge in [0.05, 0.1) is 13.2 Å². The summed E-state index contributed by atoms with van der Waals surface area (Å²) >= 11 is 1.68. The summed E-state index contributed by atoms with van der Waals surface area (Å²) < 4.78 is 10.3. The van der Waals surface area contributed by atoms with Crippen LogP contribution in [0, 0.1) is 0 Å². The first-order valence-corrected chi connectivity index (χ1v) is 6.16. The lowest BCUT2D eigenvalue weighted by molar-refractivity contribution is -0.119. The van der Waals surface area contributed by atoms with E-state index in [1.807, 2.05) is 0 Å². The first-order chi connectivity index (χ1) is 7.31. The van der Waals surface area contributed by atoms with Crippen LogP contribution in [0.1, 0.15) is 20.8 Å². The normalized spacial score (nSPS) is 21.8. The Kier molecular flexibility index (Phi) is 4.54. The van der Waals surface area contributed by atoms with E-state index in [1.165, 1.54) is 4.90 Å². The fraction of sp³-hybridized carbons (Fsp3) is 0.800. The molecule has 0 aromatic rings. The molecule has 1 fully saturated rings. The Morgan fingerprint density at radius 3 is 2.56 bits per heavy atom. The minimum Gasteiger partial charge on any atom is -0.444 e. The number of hydrogen-bond acceptors (Lipinski definition) is 4. The summed E-state index contributed by atoms with van der Waals surface area (Å²) in [4.78, 5) is 24.6. The Morgan fingerprint density at radius 1 is 1.44 bits per heavy atom. The van der Waals surface area contributed by atoms with Crippen molar-refractivity contribution in [3.05, 3.63) is 0 Å². The van der Waals surface area contributed by atoms with Gasteiger partial charge in [0.2, 0.25) is 3.79 Å². The highest BCUT2D eigenvalue weighted by Crippen LogP contribution is 2.16. The first kappa shape index (κ1) is 13.7. The van der Waals surface area contributed by atoms with Crippen molar-refractivity contribution in [2.45, 2.75) is 32.4 Å². The van der Waals surface area contributed by atoms with Gasteiger partial charge in [-0.25, -0.2) is 4.79 Å². The molecule has 1 rings (SSSR count). The van der Waals surface area contributed by atoms with Gasteiger partial charge in [-0.1, -0.05) is 0 Å². The number of carbonyl (C=O) groups excluding carboxylic acids is 2. The van der Waals surface area contributed by atoms with Gasteiger partial charge in [0.25, 0.3) is 0 Å². The van der Waals surface area contributed by atoms with E-state index in [9.17, 15) is 9.59 Å². The van der Waals surface area contributed by atoms with E-state index >= 15 is 0 Å². The second kappa shape index (κ2) is 5.31. The number of morpholine rings is 1. The summed E-state index contributed by atoms with van der Waals surface area (Å²) in [7, 11) is 0. The van der Waals surface area contributed by atoms with Gasteiger partial charge in [-0.15, -0.1) is 0 Å². The lowest BCUT2D eigenvalue weighted by Crippen LogP contribution is -2.52. The van der Waals surface area contributed by atoms with Crippen LogP contribution in [0.3, 0.4) is 0 Å². The van der Waals surface area contributed by atoms with E-state index in [2.05, 4.69) is 0 Å². The van der Waals surface area contributed by atoms with Gasteiger partial charge >= 0.3 is 6.09 Å². The molecule has 1 aliphatic rings. The van der Waals surface area contributed by atoms with Crippen molar-refractivity contribution < 1.29 is 19.1 Å². The van der Waals surface area contributed by atoms with Crippen molar-refractivity contribution in [3.8, 4) is 0 Å². The molecule has 1 amide bonds. The molecule has 5 nitrogen and oxygen atoms in total. The second-order valence-corrected chi connectivity index (χ2v) is 5.63. The Balaban J connectivity index is 2.68. The van der Waals surface area contributed by atoms with Gasteiger partial charge in [0.1, 0.15) is 11.6 Å². The number of hydrogen-bond donors (Lipinski definition) is 0. The molecule has 0 aliphatic carbocycles. The maximum atomic E-state index is 11.8. The molecule has 16 heavy (non-hydrogen) atoms. The molecule has 0 aromatic heterocycles. The van der Waals surface area contributed by atoms with Gasteiger partial charge in [0, 0.05) is 29.1 Å². The predicted octanol–water partition coefficient (Wildman–Crippen LogP) is 1.58. The summed E-state index contributed by atoms with van der Waals surface area (Å²) in [6.07, 6.45) is -0.453. The zero-order valence-electron chi connectivity index (χ0n) is 9.66. The molecule has 1 atom stereocenters. The van der Waals surface area contributed by atoms with Crippen LogP contribution in [-0.2, 0) is 14.3 Å². The Bertz CT molecular complexity index is 287. The number of amides is 1. The van der Waals surface area contributed by atoms with Crippen LogP contribution < -0.4 is 0 Å². The Labute approximate surface area is 109 Å². The van der Waals surface area contributed by atoms with Crippen molar-refractivity contribution in [1.29, 1.82) is 0 Å². The van der Waals surface area contributed by atoms with E-state index in [0.29, 0.717) is 13.2 Å². The lowest BCUT2D eigenvalue weighted by Gasteiger charge is -2.34. The van der Waals surface area contributed by atoms with E-state index in [-0.39, 0.29) is 10.4 Å². The van der Waals surface area contributed by atoms with Crippen molar-refractivity contribution in [1.82, 2.24) is 4.90 Å². The number of ether oxygens (including phenoxy) is 2. The molecule has 0 N–H and O–H groups in total. The highest BCUT2D eigenvalue weighted by molar-refractivity contribution is 14.1. The van der Waals surface area contributed by atoms with E-state index in [4.69, 9.17) is 9.47 Å². The molecular weight excluding hydrogens is 325 g/mol. The molecule has 0 spiro atoms. The minimum atomic E-state index is -0.547. The molecule has 0 unspecified atom stereocenters. The fourth-order valence-corrected chi connectivity index (χ4v) is 1.85. The average Bonchev–Trinajstić information content (AvgIpc) is 2.15. The van der Waals surface area contributed by atoms with Gasteiger partial charge in [-0.2, -0.15) is 0 Å². The maximum Gasteiger partial charge on any atom is 0.411 e. The summed E-state index contributed by atoms with van der Waals surface area (Å²) in [6, 6.07) is -0.524. The van der Waals surface area contributed by atoms with E-state index < -0.39 is 17.7 Å². The van der Waals surface area contributed by atoms with Crippen LogP contribution >= 0.6 is 22.6 Å². The number of halogens is 1. The lowest BCUT2D eigenvalue weighted by atomic mass is 10.2. The van der Waals surface area contributed by atoms with Crippen molar-refractivity contribution >= 4 is 32.5 Å². The fourth-order valence-electron chi connectivity index (χ4n) is 1.33. The maximum absolute atomic E-state index is 11.8. The highest BCUT2D eigenvalue weighted by Gasteiger charge is 2.34. The van der Waals surface area contributed by atoms with Crippen molar-refractivity contribution in [3.63, 3.8) is 0 Å². The summed E-state index contributed by atoms with van der Waals surface area (Å²) in [5, 5.41) is 0. The summed E-state index contributed by atoms with van der Waals surface area (Å²) in [5.74, 6) is 0. The van der Waals surface area contributed by atoms with Crippen molar-refractivity contribution in [2.24, 2.45) is 0 Å². The van der Waals surface area contributed by atoms with Gasteiger partial charge in [-0.3, -0.25) is 9.69 Å². The molecule has 1 aliphatic heterocycles.